The second-order valence-corrected chi connectivity index (χ2v) is 11.1. The molecule has 3 N–H and O–H groups in total. The summed E-state index contributed by atoms with van der Waals surface area (Å²) in [4.78, 5) is 29.4. The van der Waals surface area contributed by atoms with Gasteiger partial charge in [-0.2, -0.15) is 0 Å². The van der Waals surface area contributed by atoms with Crippen molar-refractivity contribution < 1.29 is 18.3 Å². The van der Waals surface area contributed by atoms with E-state index in [1.807, 2.05) is 12.3 Å². The van der Waals surface area contributed by atoms with E-state index in [4.69, 9.17) is 5.11 Å². The molecular weight excluding hydrogens is 444 g/mol. The van der Waals surface area contributed by atoms with Crippen molar-refractivity contribution in [1.82, 2.24) is 14.9 Å². The third-order valence-electron chi connectivity index (χ3n) is 6.89. The maximum absolute atomic E-state index is 12.8. The van der Waals surface area contributed by atoms with Crippen molar-refractivity contribution in [2.75, 3.05) is 11.2 Å². The fraction of sp³-hybridized carbons (Fsp3) is 0.391. The molecule has 0 atom stereocenters. The maximum atomic E-state index is 12.8. The molecule has 0 spiro atoms. The van der Waals surface area contributed by atoms with Crippen molar-refractivity contribution in [3.05, 3.63) is 46.5 Å². The number of H-pyrrole nitrogens is 1. The molecule has 33 heavy (non-hydrogen) atoms. The van der Waals surface area contributed by atoms with Gasteiger partial charge in [0.05, 0.1) is 4.90 Å². The molecule has 1 fully saturated rings. The second kappa shape index (κ2) is 7.65. The average Bonchev–Trinajstić information content (AvgIpc) is 3.12. The summed E-state index contributed by atoms with van der Waals surface area (Å²) in [7, 11) is -1.73. The van der Waals surface area contributed by atoms with Crippen LogP contribution in [0.4, 0.5) is 10.5 Å². The first-order chi connectivity index (χ1) is 15.6. The van der Waals surface area contributed by atoms with Crippen molar-refractivity contribution >= 4 is 32.5 Å². The molecule has 0 bridgehead atoms. The number of nitrogens with zero attached hydrogens (tertiary/aromatic N) is 2. The van der Waals surface area contributed by atoms with E-state index in [1.165, 1.54) is 10.8 Å². The second-order valence-electron chi connectivity index (χ2n) is 9.06. The quantitative estimate of drug-likeness (QED) is 0.541. The van der Waals surface area contributed by atoms with Gasteiger partial charge in [-0.3, -0.25) is 4.79 Å². The number of pyridine rings is 1. The summed E-state index contributed by atoms with van der Waals surface area (Å²) >= 11 is 0. The predicted molar refractivity (Wildman–Crippen MR) is 125 cm³/mol. The average molecular weight is 471 g/mol. The summed E-state index contributed by atoms with van der Waals surface area (Å²) < 4.78 is 26.2. The van der Waals surface area contributed by atoms with Crippen LogP contribution in [0.15, 0.2) is 40.3 Å². The first-order valence-corrected chi connectivity index (χ1v) is 12.8. The van der Waals surface area contributed by atoms with Crippen LogP contribution in [0.3, 0.4) is 0 Å². The lowest BCUT2D eigenvalue weighted by Gasteiger charge is -2.38. The number of fused-ring (bicyclic) bond motifs is 2. The van der Waals surface area contributed by atoms with Gasteiger partial charge < -0.3 is 24.9 Å². The molecule has 0 saturated heterocycles. The molecule has 1 amide bonds. The summed E-state index contributed by atoms with van der Waals surface area (Å²) in [5, 5.41) is 12.5. The van der Waals surface area contributed by atoms with Gasteiger partial charge in [0, 0.05) is 66.5 Å². The van der Waals surface area contributed by atoms with Crippen LogP contribution < -0.4 is 15.8 Å². The van der Waals surface area contributed by atoms with Gasteiger partial charge in [-0.1, -0.05) is 0 Å². The highest BCUT2D eigenvalue weighted by molar-refractivity contribution is 7.90. The van der Waals surface area contributed by atoms with E-state index < -0.39 is 15.9 Å². The number of carboxylic acid groups (broad SMARTS) is 1. The molecule has 2 aromatic heterocycles. The highest BCUT2D eigenvalue weighted by atomic mass is 32.2. The van der Waals surface area contributed by atoms with Crippen LogP contribution in [0.1, 0.15) is 31.2 Å². The molecule has 5 rings (SSSR count). The van der Waals surface area contributed by atoms with Gasteiger partial charge in [-0.15, -0.1) is 0 Å². The van der Waals surface area contributed by atoms with Gasteiger partial charge in [0.15, 0.2) is 9.84 Å². The molecule has 1 aromatic carbocycles. The molecule has 0 radical (unpaired) electrons. The standard InChI is InChI=1S/C23H26N4O5S/c1-26-12-18-17-9-16(33(2,31)32)7-8-19(17)27(11-13-10-24-21(20(13)18)22(26)28)15-5-3-14(4-6-15)25-23(29)30/h7-10,12,14-15,24-25H,3-6,11H2,1-2H3,(H,29,30). The number of aromatic amines is 1. The van der Waals surface area contributed by atoms with Crippen LogP contribution in [0.2, 0.25) is 0 Å². The molecular formula is C23H26N4O5S. The van der Waals surface area contributed by atoms with E-state index in [0.717, 1.165) is 53.4 Å². The van der Waals surface area contributed by atoms with Crippen LogP contribution in [0, 0.1) is 0 Å². The Hall–Kier alpha value is -3.27. The van der Waals surface area contributed by atoms with Gasteiger partial charge in [-0.05, 0) is 49.4 Å². The summed E-state index contributed by atoms with van der Waals surface area (Å²) in [5.74, 6) is 0. The predicted octanol–water partition coefficient (Wildman–Crippen LogP) is 2.84. The normalized spacial score (nSPS) is 20.4. The zero-order valence-corrected chi connectivity index (χ0v) is 19.3. The van der Waals surface area contributed by atoms with Crippen molar-refractivity contribution in [2.45, 2.75) is 49.2 Å². The number of hydrogen-bond donors (Lipinski definition) is 3. The Morgan fingerprint density at radius 2 is 1.91 bits per heavy atom. The van der Waals surface area contributed by atoms with Crippen LogP contribution in [0.5, 0.6) is 0 Å². The summed E-state index contributed by atoms with van der Waals surface area (Å²) in [6, 6.07) is 5.31. The number of aryl methyl sites for hydroxylation is 1. The first kappa shape index (κ1) is 21.6. The molecule has 9 nitrogen and oxygen atoms in total. The number of aromatic nitrogens is 2. The summed E-state index contributed by atoms with van der Waals surface area (Å²) in [6.07, 6.45) is 6.92. The van der Waals surface area contributed by atoms with Gasteiger partial charge in [0.25, 0.3) is 5.56 Å². The van der Waals surface area contributed by atoms with Crippen molar-refractivity contribution in [3.8, 4) is 11.1 Å². The third-order valence-corrected chi connectivity index (χ3v) is 8.00. The minimum absolute atomic E-state index is 0.0592. The smallest absolute Gasteiger partial charge is 0.404 e. The van der Waals surface area contributed by atoms with Crippen LogP contribution in [0.25, 0.3) is 22.0 Å². The van der Waals surface area contributed by atoms with E-state index in [0.29, 0.717) is 12.1 Å². The molecule has 1 aliphatic heterocycles. The zero-order chi connectivity index (χ0) is 23.5. The van der Waals surface area contributed by atoms with E-state index in [9.17, 15) is 18.0 Å². The number of carbonyl (C=O) groups is 1. The van der Waals surface area contributed by atoms with Gasteiger partial charge in [0.2, 0.25) is 0 Å². The Labute approximate surface area is 190 Å². The SMILES string of the molecule is Cn1cc2c3c(c[nH]c3c1=O)CN(C1CCC(NC(=O)O)CC1)c1ccc(S(C)(=O)=O)cc1-2. The molecule has 2 aliphatic rings. The fourth-order valence-electron chi connectivity index (χ4n) is 5.28. The van der Waals surface area contributed by atoms with Gasteiger partial charge in [-0.25, -0.2) is 13.2 Å². The van der Waals surface area contributed by atoms with E-state index in [-0.39, 0.29) is 22.5 Å². The van der Waals surface area contributed by atoms with Crippen molar-refractivity contribution in [1.29, 1.82) is 0 Å². The molecule has 0 unspecified atom stereocenters. The molecule has 174 valence electrons. The van der Waals surface area contributed by atoms with Crippen molar-refractivity contribution in [3.63, 3.8) is 0 Å². The van der Waals surface area contributed by atoms with E-state index in [2.05, 4.69) is 15.2 Å². The Balaban J connectivity index is 1.66. The van der Waals surface area contributed by atoms with Gasteiger partial charge >= 0.3 is 6.09 Å². The number of anilines is 1. The molecule has 3 heterocycles. The fourth-order valence-corrected chi connectivity index (χ4v) is 5.92. The number of sulfone groups is 1. The Kier molecular flexibility index (Phi) is 5.00. The first-order valence-electron chi connectivity index (χ1n) is 10.9. The lowest BCUT2D eigenvalue weighted by atomic mass is 9.89. The summed E-state index contributed by atoms with van der Waals surface area (Å²) in [6.45, 7) is 0.576. The number of rotatable bonds is 3. The van der Waals surface area contributed by atoms with Crippen LogP contribution in [-0.4, -0.2) is 47.5 Å². The number of hydrogen-bond acceptors (Lipinski definition) is 5. The van der Waals surface area contributed by atoms with Crippen LogP contribution in [-0.2, 0) is 23.4 Å². The van der Waals surface area contributed by atoms with Crippen LogP contribution >= 0.6 is 0 Å². The van der Waals surface area contributed by atoms with Crippen molar-refractivity contribution in [2.24, 2.45) is 7.05 Å². The minimum atomic E-state index is -3.42. The minimum Gasteiger partial charge on any atom is -0.465 e. The lowest BCUT2D eigenvalue weighted by molar-refractivity contribution is 0.184. The lowest BCUT2D eigenvalue weighted by Crippen LogP contribution is -2.43. The van der Waals surface area contributed by atoms with E-state index in [1.54, 1.807) is 25.4 Å². The number of nitrogens with one attached hydrogen (secondary N) is 2. The number of amides is 1. The largest absolute Gasteiger partial charge is 0.465 e. The zero-order valence-electron chi connectivity index (χ0n) is 18.5. The molecule has 10 heteroatoms. The maximum Gasteiger partial charge on any atom is 0.404 e. The summed E-state index contributed by atoms with van der Waals surface area (Å²) in [5.41, 5.74) is 3.90. The Bertz CT molecular complexity index is 1430. The molecule has 1 aliphatic carbocycles. The Morgan fingerprint density at radius 1 is 1.18 bits per heavy atom. The highest BCUT2D eigenvalue weighted by Crippen LogP contribution is 2.43. The topological polar surface area (TPSA) is 124 Å². The highest BCUT2D eigenvalue weighted by Gasteiger charge is 2.32. The molecule has 1 saturated carbocycles. The Morgan fingerprint density at radius 3 is 2.58 bits per heavy atom. The van der Waals surface area contributed by atoms with Gasteiger partial charge in [0.1, 0.15) is 5.52 Å². The molecule has 3 aromatic rings. The van der Waals surface area contributed by atoms with E-state index >= 15 is 0 Å². The third kappa shape index (κ3) is 3.68. The number of benzene rings is 1. The monoisotopic (exact) mass is 470 g/mol.